The Bertz CT molecular complexity index is 377. The lowest BCUT2D eigenvalue weighted by atomic mass is 9.78. The van der Waals surface area contributed by atoms with Crippen LogP contribution in [0.5, 0.6) is 0 Å². The Kier molecular flexibility index (Phi) is 6.71. The van der Waals surface area contributed by atoms with Crippen LogP contribution in [-0.4, -0.2) is 24.5 Å². The molecule has 0 unspecified atom stereocenters. The summed E-state index contributed by atoms with van der Waals surface area (Å²) in [6.07, 6.45) is 9.87. The second-order valence-electron chi connectivity index (χ2n) is 7.29. The van der Waals surface area contributed by atoms with E-state index < -0.39 is 0 Å². The maximum atomic E-state index is 11.9. The molecule has 2 fully saturated rings. The molecule has 0 aromatic heterocycles. The van der Waals surface area contributed by atoms with Crippen molar-refractivity contribution >= 4 is 11.9 Å². The van der Waals surface area contributed by atoms with Crippen LogP contribution in [-0.2, 0) is 14.3 Å². The van der Waals surface area contributed by atoms with Gasteiger partial charge in [-0.15, -0.1) is 0 Å². The van der Waals surface area contributed by atoms with Crippen molar-refractivity contribution in [2.75, 3.05) is 6.61 Å². The largest absolute Gasteiger partial charge is 0.456 e. The molecule has 2 aliphatic rings. The molecule has 0 bridgehead atoms. The molecular formula is C18H31NO3. The first-order chi connectivity index (χ1) is 10.6. The van der Waals surface area contributed by atoms with Crippen molar-refractivity contribution in [2.24, 2.45) is 17.8 Å². The van der Waals surface area contributed by atoms with E-state index in [0.29, 0.717) is 24.2 Å². The van der Waals surface area contributed by atoms with Crippen LogP contribution < -0.4 is 5.32 Å². The number of esters is 1. The summed E-state index contributed by atoms with van der Waals surface area (Å²) in [6, 6.07) is 0.230. The summed E-state index contributed by atoms with van der Waals surface area (Å²) in [6.45, 7) is 4.31. The van der Waals surface area contributed by atoms with E-state index in [4.69, 9.17) is 4.74 Å². The SMILES string of the molecule is C[C@@H]1[C@@H](C)CCC[C@H]1NC(=O)COC(=O)CCC1CCCC1. The van der Waals surface area contributed by atoms with Crippen LogP contribution in [0.25, 0.3) is 0 Å². The molecule has 2 saturated carbocycles. The Balaban J connectivity index is 1.61. The van der Waals surface area contributed by atoms with Gasteiger partial charge in [0.25, 0.3) is 5.91 Å². The van der Waals surface area contributed by atoms with E-state index >= 15 is 0 Å². The minimum absolute atomic E-state index is 0.124. The van der Waals surface area contributed by atoms with Crippen LogP contribution in [0.15, 0.2) is 0 Å². The molecule has 0 heterocycles. The molecule has 0 radical (unpaired) electrons. The zero-order valence-electron chi connectivity index (χ0n) is 14.1. The van der Waals surface area contributed by atoms with E-state index in [1.54, 1.807) is 0 Å². The van der Waals surface area contributed by atoms with Crippen molar-refractivity contribution in [3.05, 3.63) is 0 Å². The monoisotopic (exact) mass is 309 g/mol. The lowest BCUT2D eigenvalue weighted by molar-refractivity contribution is -0.149. The fourth-order valence-corrected chi connectivity index (χ4v) is 3.87. The molecule has 4 heteroatoms. The van der Waals surface area contributed by atoms with Gasteiger partial charge >= 0.3 is 5.97 Å². The number of nitrogens with one attached hydrogen (secondary N) is 1. The summed E-state index contributed by atoms with van der Waals surface area (Å²) in [4.78, 5) is 23.7. The van der Waals surface area contributed by atoms with E-state index in [-0.39, 0.29) is 24.5 Å². The third-order valence-electron chi connectivity index (χ3n) is 5.65. The van der Waals surface area contributed by atoms with Crippen molar-refractivity contribution in [1.29, 1.82) is 0 Å². The Morgan fingerprint density at radius 3 is 2.50 bits per heavy atom. The highest BCUT2D eigenvalue weighted by Crippen LogP contribution is 2.29. The number of carbonyl (C=O) groups is 2. The predicted molar refractivity (Wildman–Crippen MR) is 86.3 cm³/mol. The highest BCUT2D eigenvalue weighted by atomic mass is 16.5. The minimum atomic E-state index is -0.230. The quantitative estimate of drug-likeness (QED) is 0.765. The van der Waals surface area contributed by atoms with Gasteiger partial charge in [-0.25, -0.2) is 0 Å². The zero-order chi connectivity index (χ0) is 15.9. The summed E-state index contributed by atoms with van der Waals surface area (Å²) in [5, 5.41) is 3.04. The van der Waals surface area contributed by atoms with Gasteiger partial charge in [-0.3, -0.25) is 9.59 Å². The van der Waals surface area contributed by atoms with Gasteiger partial charge in [0.15, 0.2) is 6.61 Å². The van der Waals surface area contributed by atoms with Gasteiger partial charge in [-0.05, 0) is 30.6 Å². The molecule has 3 atom stereocenters. The number of carbonyl (C=O) groups excluding carboxylic acids is 2. The fourth-order valence-electron chi connectivity index (χ4n) is 3.87. The van der Waals surface area contributed by atoms with Crippen molar-refractivity contribution in [3.63, 3.8) is 0 Å². The number of ether oxygens (including phenoxy) is 1. The normalized spacial score (nSPS) is 29.3. The Morgan fingerprint density at radius 1 is 1.05 bits per heavy atom. The van der Waals surface area contributed by atoms with Crippen molar-refractivity contribution < 1.29 is 14.3 Å². The molecule has 1 amide bonds. The summed E-state index contributed by atoms with van der Waals surface area (Å²) < 4.78 is 5.12. The second kappa shape index (κ2) is 8.54. The fraction of sp³-hybridized carbons (Fsp3) is 0.889. The molecule has 1 N–H and O–H groups in total. The second-order valence-corrected chi connectivity index (χ2v) is 7.29. The van der Waals surface area contributed by atoms with Gasteiger partial charge in [-0.1, -0.05) is 52.4 Å². The van der Waals surface area contributed by atoms with Gasteiger partial charge in [0.1, 0.15) is 0 Å². The van der Waals surface area contributed by atoms with Crippen LogP contribution in [0.4, 0.5) is 0 Å². The first-order valence-corrected chi connectivity index (χ1v) is 9.01. The lowest BCUT2D eigenvalue weighted by Gasteiger charge is -2.34. The van der Waals surface area contributed by atoms with Crippen LogP contribution >= 0.6 is 0 Å². The molecule has 0 saturated heterocycles. The average molecular weight is 309 g/mol. The molecular weight excluding hydrogens is 278 g/mol. The van der Waals surface area contributed by atoms with Crippen LogP contribution in [0, 0.1) is 17.8 Å². The van der Waals surface area contributed by atoms with E-state index in [1.807, 2.05) is 0 Å². The van der Waals surface area contributed by atoms with E-state index in [9.17, 15) is 9.59 Å². The first kappa shape index (κ1) is 17.3. The summed E-state index contributed by atoms with van der Waals surface area (Å²) >= 11 is 0. The maximum absolute atomic E-state index is 11.9. The molecule has 0 aromatic carbocycles. The van der Waals surface area contributed by atoms with Crippen LogP contribution in [0.1, 0.15) is 71.6 Å². The zero-order valence-corrected chi connectivity index (χ0v) is 14.1. The van der Waals surface area contributed by atoms with E-state index in [2.05, 4.69) is 19.2 Å². The molecule has 0 spiro atoms. The van der Waals surface area contributed by atoms with Gasteiger partial charge in [0.2, 0.25) is 0 Å². The molecule has 4 nitrogen and oxygen atoms in total. The Labute approximate surface area is 134 Å². The van der Waals surface area contributed by atoms with E-state index in [1.165, 1.54) is 32.1 Å². The summed E-state index contributed by atoms with van der Waals surface area (Å²) in [7, 11) is 0. The molecule has 0 aliphatic heterocycles. The number of amides is 1. The highest BCUT2D eigenvalue weighted by Gasteiger charge is 2.28. The average Bonchev–Trinajstić information content (AvgIpc) is 3.01. The standard InChI is InChI=1S/C18H31NO3/c1-13-6-5-9-16(14(13)2)19-17(20)12-22-18(21)11-10-15-7-3-4-8-15/h13-16H,3-12H2,1-2H3,(H,19,20)/t13-,14+,16+/m0/s1. The van der Waals surface area contributed by atoms with Crippen LogP contribution in [0.2, 0.25) is 0 Å². The van der Waals surface area contributed by atoms with Gasteiger partial charge in [-0.2, -0.15) is 0 Å². The third-order valence-corrected chi connectivity index (χ3v) is 5.65. The smallest absolute Gasteiger partial charge is 0.306 e. The topological polar surface area (TPSA) is 55.4 Å². The molecule has 2 rings (SSSR count). The van der Waals surface area contributed by atoms with Gasteiger partial charge in [0.05, 0.1) is 0 Å². The van der Waals surface area contributed by atoms with Crippen LogP contribution in [0.3, 0.4) is 0 Å². The third kappa shape index (κ3) is 5.29. The first-order valence-electron chi connectivity index (χ1n) is 9.01. The summed E-state index contributed by atoms with van der Waals surface area (Å²) in [5.41, 5.74) is 0. The van der Waals surface area contributed by atoms with Crippen molar-refractivity contribution in [2.45, 2.75) is 77.7 Å². The van der Waals surface area contributed by atoms with Crippen molar-refractivity contribution in [1.82, 2.24) is 5.32 Å². The Hall–Kier alpha value is -1.06. The lowest BCUT2D eigenvalue weighted by Crippen LogP contribution is -2.45. The molecule has 126 valence electrons. The highest BCUT2D eigenvalue weighted by molar-refractivity contribution is 5.80. The number of hydrogen-bond acceptors (Lipinski definition) is 3. The number of hydrogen-bond donors (Lipinski definition) is 1. The van der Waals surface area contributed by atoms with Gasteiger partial charge < -0.3 is 10.1 Å². The maximum Gasteiger partial charge on any atom is 0.306 e. The van der Waals surface area contributed by atoms with Crippen molar-refractivity contribution in [3.8, 4) is 0 Å². The molecule has 0 aromatic rings. The van der Waals surface area contributed by atoms with Gasteiger partial charge in [0, 0.05) is 12.5 Å². The minimum Gasteiger partial charge on any atom is -0.456 e. The Morgan fingerprint density at radius 2 is 1.77 bits per heavy atom. The predicted octanol–water partition coefficient (Wildman–Crippen LogP) is 3.44. The number of rotatable bonds is 6. The van der Waals surface area contributed by atoms with E-state index in [0.717, 1.165) is 19.3 Å². The summed E-state index contributed by atoms with van der Waals surface area (Å²) in [5.74, 6) is 1.45. The molecule has 22 heavy (non-hydrogen) atoms. The molecule has 2 aliphatic carbocycles.